The van der Waals surface area contributed by atoms with E-state index < -0.39 is 43.5 Å². The van der Waals surface area contributed by atoms with E-state index in [4.69, 9.17) is 0 Å². The Labute approximate surface area is 92.3 Å². The molecule has 1 aromatic heterocycles. The van der Waals surface area contributed by atoms with Crippen molar-refractivity contribution >= 4 is 15.7 Å². The Morgan fingerprint density at radius 1 is 1.47 bits per heavy atom. The molecule has 0 saturated carbocycles. The number of alkyl halides is 2. The van der Waals surface area contributed by atoms with E-state index in [2.05, 4.69) is 10.1 Å². The zero-order valence-corrected chi connectivity index (χ0v) is 8.62. The second-order valence-corrected chi connectivity index (χ2v) is 4.28. The van der Waals surface area contributed by atoms with Crippen LogP contribution in [-0.2, 0) is 10.0 Å². The summed E-state index contributed by atoms with van der Waals surface area (Å²) in [4.78, 5) is 10.1. The maximum atomic E-state index is 13.0. The number of nitro groups is 1. The predicted molar refractivity (Wildman–Crippen MR) is 47.2 cm³/mol. The fourth-order valence-corrected chi connectivity index (χ4v) is 1.99. The minimum atomic E-state index is -4.88. The lowest BCUT2D eigenvalue weighted by Crippen LogP contribution is -2.18. The van der Waals surface area contributed by atoms with Crippen LogP contribution < -0.4 is 5.14 Å². The lowest BCUT2D eigenvalue weighted by atomic mass is 10.2. The Morgan fingerprint density at radius 2 is 2.00 bits per heavy atom. The quantitative estimate of drug-likeness (QED) is 0.493. The van der Waals surface area contributed by atoms with E-state index in [1.807, 2.05) is 0 Å². The minimum absolute atomic E-state index is 0.187. The van der Waals surface area contributed by atoms with Crippen LogP contribution in [-0.4, -0.2) is 18.3 Å². The van der Waals surface area contributed by atoms with Gasteiger partial charge in [0.1, 0.15) is 0 Å². The Balaban J connectivity index is 3.82. The van der Waals surface area contributed by atoms with Crippen molar-refractivity contribution in [1.29, 1.82) is 0 Å². The molecule has 17 heavy (non-hydrogen) atoms. The molecule has 1 heterocycles. The van der Waals surface area contributed by atoms with Gasteiger partial charge in [0.15, 0.2) is 4.90 Å². The number of nitrogens with two attached hydrogens (primary N) is 1. The lowest BCUT2D eigenvalue weighted by molar-refractivity contribution is -0.391. The molecule has 7 nitrogen and oxygen atoms in total. The number of pyridine rings is 1. The van der Waals surface area contributed by atoms with Crippen LogP contribution in [0.15, 0.2) is 11.1 Å². The van der Waals surface area contributed by atoms with E-state index >= 15 is 0 Å². The number of nitrogens with zero attached hydrogens (tertiary/aromatic N) is 2. The molecule has 0 unspecified atom stereocenters. The highest BCUT2D eigenvalue weighted by Gasteiger charge is 2.35. The summed E-state index contributed by atoms with van der Waals surface area (Å²) in [5.74, 6) is -1.80. The SMILES string of the molecule is NS(=O)(=O)c1c(C(F)F)cnc(F)c1[N+](=O)[O-]. The van der Waals surface area contributed by atoms with Crippen LogP contribution in [0.3, 0.4) is 0 Å². The largest absolute Gasteiger partial charge is 0.344 e. The van der Waals surface area contributed by atoms with E-state index in [0.29, 0.717) is 0 Å². The van der Waals surface area contributed by atoms with E-state index in [1.54, 1.807) is 0 Å². The van der Waals surface area contributed by atoms with Gasteiger partial charge in [0.2, 0.25) is 10.0 Å². The third-order valence-electron chi connectivity index (χ3n) is 1.69. The topological polar surface area (TPSA) is 116 Å². The standard InChI is InChI=1S/C6H4F3N3O4S/c7-5(8)2-1-11-6(9)3(12(13)14)4(2)17(10,15)16/h1,5H,(H2,10,15,16). The summed E-state index contributed by atoms with van der Waals surface area (Å²) in [5.41, 5.74) is -3.01. The summed E-state index contributed by atoms with van der Waals surface area (Å²) in [6, 6.07) is 0. The monoisotopic (exact) mass is 271 g/mol. The molecule has 1 aromatic rings. The highest BCUT2D eigenvalue weighted by molar-refractivity contribution is 7.89. The first kappa shape index (κ1) is 13.3. The number of aromatic nitrogens is 1. The molecule has 0 aliphatic rings. The van der Waals surface area contributed by atoms with Gasteiger partial charge >= 0.3 is 5.69 Å². The van der Waals surface area contributed by atoms with Gasteiger partial charge in [0, 0.05) is 6.20 Å². The van der Waals surface area contributed by atoms with Gasteiger partial charge in [-0.05, 0) is 0 Å². The number of hydrogen-bond donors (Lipinski definition) is 1. The van der Waals surface area contributed by atoms with Gasteiger partial charge in [0.25, 0.3) is 12.4 Å². The number of primary sulfonamides is 1. The van der Waals surface area contributed by atoms with Crippen molar-refractivity contribution in [2.24, 2.45) is 5.14 Å². The van der Waals surface area contributed by atoms with Gasteiger partial charge in [-0.3, -0.25) is 10.1 Å². The summed E-state index contributed by atoms with van der Waals surface area (Å²) in [5, 5.41) is 15.0. The van der Waals surface area contributed by atoms with Crippen LogP contribution in [0.1, 0.15) is 12.0 Å². The zero-order valence-electron chi connectivity index (χ0n) is 7.80. The highest BCUT2D eigenvalue weighted by atomic mass is 32.2. The minimum Gasteiger partial charge on any atom is -0.258 e. The molecule has 2 N–H and O–H groups in total. The maximum Gasteiger partial charge on any atom is 0.344 e. The van der Waals surface area contributed by atoms with Crippen LogP contribution in [0.2, 0.25) is 0 Å². The normalized spacial score (nSPS) is 11.8. The number of rotatable bonds is 3. The van der Waals surface area contributed by atoms with Crippen LogP contribution in [0.5, 0.6) is 0 Å². The van der Waals surface area contributed by atoms with Gasteiger partial charge in [-0.15, -0.1) is 0 Å². The zero-order chi connectivity index (χ0) is 13.4. The predicted octanol–water partition coefficient (Wildman–Crippen LogP) is 0.714. The van der Waals surface area contributed by atoms with Crippen LogP contribution in [0.25, 0.3) is 0 Å². The Kier molecular flexibility index (Phi) is 3.33. The molecule has 94 valence electrons. The van der Waals surface area contributed by atoms with Crippen molar-refractivity contribution in [2.75, 3.05) is 0 Å². The van der Waals surface area contributed by atoms with Crippen molar-refractivity contribution < 1.29 is 26.5 Å². The van der Waals surface area contributed by atoms with Gasteiger partial charge in [-0.1, -0.05) is 0 Å². The Hall–Kier alpha value is -1.75. The second-order valence-electron chi connectivity index (χ2n) is 2.78. The third kappa shape index (κ3) is 2.50. The van der Waals surface area contributed by atoms with Crippen molar-refractivity contribution in [3.8, 4) is 0 Å². The van der Waals surface area contributed by atoms with Gasteiger partial charge in [0.05, 0.1) is 10.5 Å². The molecule has 0 aromatic carbocycles. The molecular weight excluding hydrogens is 267 g/mol. The van der Waals surface area contributed by atoms with Crippen molar-refractivity contribution in [3.63, 3.8) is 0 Å². The first-order chi connectivity index (χ1) is 7.66. The molecule has 0 bridgehead atoms. The second kappa shape index (κ2) is 4.25. The molecule has 0 atom stereocenters. The maximum absolute atomic E-state index is 13.0. The summed E-state index contributed by atoms with van der Waals surface area (Å²) >= 11 is 0. The number of hydrogen-bond acceptors (Lipinski definition) is 5. The lowest BCUT2D eigenvalue weighted by Gasteiger charge is -2.06. The van der Waals surface area contributed by atoms with Gasteiger partial charge < -0.3 is 0 Å². The van der Waals surface area contributed by atoms with Gasteiger partial charge in [-0.2, -0.15) is 4.39 Å². The molecule has 0 spiro atoms. The van der Waals surface area contributed by atoms with Crippen LogP contribution in [0.4, 0.5) is 18.9 Å². The van der Waals surface area contributed by atoms with Crippen LogP contribution in [0, 0.1) is 16.1 Å². The average molecular weight is 271 g/mol. The fourth-order valence-electron chi connectivity index (χ4n) is 1.09. The summed E-state index contributed by atoms with van der Waals surface area (Å²) in [6.07, 6.45) is -3.21. The summed E-state index contributed by atoms with van der Waals surface area (Å²) in [6.45, 7) is 0. The molecule has 11 heteroatoms. The average Bonchev–Trinajstić information content (AvgIpc) is 2.14. The molecule has 0 fully saturated rings. The third-order valence-corrected chi connectivity index (χ3v) is 2.69. The van der Waals surface area contributed by atoms with Crippen molar-refractivity contribution in [2.45, 2.75) is 11.3 Å². The van der Waals surface area contributed by atoms with E-state index in [0.717, 1.165) is 0 Å². The summed E-state index contributed by atoms with van der Waals surface area (Å²) < 4.78 is 59.8. The van der Waals surface area contributed by atoms with Crippen molar-refractivity contribution in [1.82, 2.24) is 4.98 Å². The molecule has 0 radical (unpaired) electrons. The smallest absolute Gasteiger partial charge is 0.258 e. The highest BCUT2D eigenvalue weighted by Crippen LogP contribution is 2.33. The van der Waals surface area contributed by atoms with Gasteiger partial charge in [-0.25, -0.2) is 27.3 Å². The first-order valence-corrected chi connectivity index (χ1v) is 5.34. The molecule has 1 rings (SSSR count). The molecular formula is C6H4F3N3O4S. The van der Waals surface area contributed by atoms with Crippen LogP contribution >= 0.6 is 0 Å². The molecule has 0 amide bonds. The molecule has 0 aliphatic carbocycles. The Morgan fingerprint density at radius 3 is 2.35 bits per heavy atom. The van der Waals surface area contributed by atoms with E-state index in [-0.39, 0.29) is 6.20 Å². The van der Waals surface area contributed by atoms with E-state index in [9.17, 15) is 31.7 Å². The molecule has 0 saturated heterocycles. The fraction of sp³-hybridized carbons (Fsp3) is 0.167. The van der Waals surface area contributed by atoms with Crippen molar-refractivity contribution in [3.05, 3.63) is 27.8 Å². The first-order valence-electron chi connectivity index (χ1n) is 3.80. The summed E-state index contributed by atoms with van der Waals surface area (Å²) in [7, 11) is -4.88. The number of halogens is 3. The Bertz CT molecular complexity index is 574. The van der Waals surface area contributed by atoms with E-state index in [1.165, 1.54) is 0 Å². The molecule has 0 aliphatic heterocycles. The number of sulfonamides is 1.